The van der Waals surface area contributed by atoms with Gasteiger partial charge in [0.2, 0.25) is 5.91 Å². The lowest BCUT2D eigenvalue weighted by Gasteiger charge is -2.28. The molecule has 262 valence electrons. The van der Waals surface area contributed by atoms with E-state index in [2.05, 4.69) is 17.2 Å². The monoisotopic (exact) mass is 649 g/mol. The Bertz CT molecular complexity index is 1080. The van der Waals surface area contributed by atoms with E-state index < -0.39 is 48.7 Å². The van der Waals surface area contributed by atoms with Crippen molar-refractivity contribution in [2.45, 2.75) is 160 Å². The number of anilines is 1. The average molecular weight is 650 g/mol. The molecule has 2 heterocycles. The molecule has 0 spiro atoms. The van der Waals surface area contributed by atoms with E-state index in [0.717, 1.165) is 36.7 Å². The minimum Gasteiger partial charge on any atom is -0.465 e. The number of aromatic nitrogens is 2. The first-order valence-corrected chi connectivity index (χ1v) is 18.1. The molecule has 1 saturated heterocycles. The second kappa shape index (κ2) is 21.5. The van der Waals surface area contributed by atoms with Gasteiger partial charge in [-0.15, -0.1) is 0 Å². The summed E-state index contributed by atoms with van der Waals surface area (Å²) in [7, 11) is 0. The van der Waals surface area contributed by atoms with Crippen molar-refractivity contribution in [1.29, 1.82) is 0 Å². The van der Waals surface area contributed by atoms with Crippen molar-refractivity contribution in [3.63, 3.8) is 0 Å². The van der Waals surface area contributed by atoms with Crippen LogP contribution in [0, 0.1) is 11.8 Å². The summed E-state index contributed by atoms with van der Waals surface area (Å²) in [6, 6.07) is 1.39. The first-order chi connectivity index (χ1) is 22.4. The van der Waals surface area contributed by atoms with Gasteiger partial charge in [-0.2, -0.15) is 4.98 Å². The zero-order valence-corrected chi connectivity index (χ0v) is 28.0. The summed E-state index contributed by atoms with van der Waals surface area (Å²) in [5.41, 5.74) is -0.800. The third kappa shape index (κ3) is 12.4. The standard InChI is InChI=1S/C35H59N3O8/c1-2-3-4-5-6-7-8-9-10-11-12-13-14-15-16-19-24-45-34(43)27-21-18-17-20-26(27)32(42)36-29-22-23-38(35(44)37-29)33-31(41)30(40)28(25-39)46-33/h22-23,26-28,30-31,33,39-41H,2-21,24-25H2,1H3,(H,36,37,42,44)/t26?,27?,28-,30-,31+,33-/m1/s1. The number of carbonyl (C=O) groups excluding carboxylic acids is 2. The third-order valence-electron chi connectivity index (χ3n) is 9.52. The fourth-order valence-corrected chi connectivity index (χ4v) is 6.66. The quantitative estimate of drug-likeness (QED) is 0.0952. The van der Waals surface area contributed by atoms with Crippen molar-refractivity contribution in [3.05, 3.63) is 22.7 Å². The maximum absolute atomic E-state index is 13.2. The molecule has 1 aromatic rings. The lowest BCUT2D eigenvalue weighted by molar-refractivity contribution is -0.154. The summed E-state index contributed by atoms with van der Waals surface area (Å²) < 4.78 is 12.0. The lowest BCUT2D eigenvalue weighted by atomic mass is 9.78. The number of hydrogen-bond donors (Lipinski definition) is 4. The number of ether oxygens (including phenoxy) is 2. The van der Waals surface area contributed by atoms with Gasteiger partial charge in [-0.1, -0.05) is 116 Å². The smallest absolute Gasteiger partial charge is 0.351 e. The van der Waals surface area contributed by atoms with Crippen LogP contribution >= 0.6 is 0 Å². The second-order valence-electron chi connectivity index (χ2n) is 13.2. The van der Waals surface area contributed by atoms with Gasteiger partial charge >= 0.3 is 11.7 Å². The van der Waals surface area contributed by atoms with Crippen molar-refractivity contribution in [1.82, 2.24) is 9.55 Å². The van der Waals surface area contributed by atoms with Gasteiger partial charge in [0.15, 0.2) is 6.23 Å². The average Bonchev–Trinajstić information content (AvgIpc) is 3.34. The molecular formula is C35H59N3O8. The van der Waals surface area contributed by atoms with Gasteiger partial charge in [0.1, 0.15) is 24.1 Å². The number of nitrogens with one attached hydrogen (secondary N) is 1. The van der Waals surface area contributed by atoms with Crippen LogP contribution in [0.25, 0.3) is 0 Å². The first-order valence-electron chi connectivity index (χ1n) is 18.1. The molecule has 0 aromatic carbocycles. The van der Waals surface area contributed by atoms with Crippen molar-refractivity contribution in [3.8, 4) is 0 Å². The molecular weight excluding hydrogens is 590 g/mol. The Hall–Kier alpha value is -2.34. The van der Waals surface area contributed by atoms with E-state index in [1.165, 1.54) is 95.7 Å². The molecule has 2 fully saturated rings. The highest BCUT2D eigenvalue weighted by Crippen LogP contribution is 2.32. The molecule has 6 atom stereocenters. The Morgan fingerprint density at radius 3 is 1.93 bits per heavy atom. The zero-order chi connectivity index (χ0) is 33.1. The van der Waals surface area contributed by atoms with E-state index in [-0.39, 0.29) is 17.7 Å². The molecule has 2 unspecified atom stereocenters. The van der Waals surface area contributed by atoms with Gasteiger partial charge < -0.3 is 30.1 Å². The Morgan fingerprint density at radius 2 is 1.41 bits per heavy atom. The highest BCUT2D eigenvalue weighted by Gasteiger charge is 2.44. The fourth-order valence-electron chi connectivity index (χ4n) is 6.66. The maximum atomic E-state index is 13.2. The Balaban J connectivity index is 1.29. The zero-order valence-electron chi connectivity index (χ0n) is 28.0. The molecule has 1 aromatic heterocycles. The van der Waals surface area contributed by atoms with Crippen LogP contribution in [0.1, 0.15) is 142 Å². The summed E-state index contributed by atoms with van der Waals surface area (Å²) in [5, 5.41) is 32.1. The van der Waals surface area contributed by atoms with Gasteiger partial charge in [-0.25, -0.2) is 4.79 Å². The minimum absolute atomic E-state index is 0.0175. The maximum Gasteiger partial charge on any atom is 0.351 e. The largest absolute Gasteiger partial charge is 0.465 e. The van der Waals surface area contributed by atoms with Crippen LogP contribution in [0.5, 0.6) is 0 Å². The Labute approximate surface area is 274 Å². The summed E-state index contributed by atoms with van der Waals surface area (Å²) in [6.07, 6.45) is 19.6. The topological polar surface area (TPSA) is 160 Å². The molecule has 0 bridgehead atoms. The molecule has 11 heteroatoms. The van der Waals surface area contributed by atoms with Crippen molar-refractivity contribution >= 4 is 17.7 Å². The number of nitrogens with zero attached hydrogens (tertiary/aromatic N) is 2. The van der Waals surface area contributed by atoms with E-state index in [9.17, 15) is 29.7 Å². The number of carbonyl (C=O) groups is 2. The van der Waals surface area contributed by atoms with Gasteiger partial charge in [0, 0.05) is 6.20 Å². The van der Waals surface area contributed by atoms with Crippen LogP contribution in [0.15, 0.2) is 17.1 Å². The lowest BCUT2D eigenvalue weighted by Crippen LogP contribution is -2.38. The number of hydrogen-bond acceptors (Lipinski definition) is 9. The molecule has 3 rings (SSSR count). The van der Waals surface area contributed by atoms with Gasteiger partial charge in [0.05, 0.1) is 25.0 Å². The summed E-state index contributed by atoms with van der Waals surface area (Å²) in [5.74, 6) is -1.81. The van der Waals surface area contributed by atoms with E-state index in [1.807, 2.05) is 0 Å². The van der Waals surface area contributed by atoms with Gasteiger partial charge in [-0.3, -0.25) is 14.2 Å². The molecule has 1 aliphatic carbocycles. The molecule has 11 nitrogen and oxygen atoms in total. The molecule has 2 aliphatic rings. The molecule has 1 aliphatic heterocycles. The number of aliphatic hydroxyl groups is 3. The van der Waals surface area contributed by atoms with Gasteiger partial charge in [0.25, 0.3) is 0 Å². The predicted molar refractivity (Wildman–Crippen MR) is 176 cm³/mol. The number of rotatable bonds is 22. The van der Waals surface area contributed by atoms with Crippen LogP contribution < -0.4 is 11.0 Å². The van der Waals surface area contributed by atoms with Crippen molar-refractivity contribution in [2.75, 3.05) is 18.5 Å². The fraction of sp³-hybridized carbons (Fsp3) is 0.829. The number of aliphatic hydroxyl groups excluding tert-OH is 3. The highest BCUT2D eigenvalue weighted by atomic mass is 16.6. The van der Waals surface area contributed by atoms with Gasteiger partial charge in [-0.05, 0) is 25.3 Å². The van der Waals surface area contributed by atoms with Crippen molar-refractivity contribution < 1.29 is 34.4 Å². The Kier molecular flexibility index (Phi) is 17.8. The number of esters is 1. The van der Waals surface area contributed by atoms with E-state index in [4.69, 9.17) is 9.47 Å². The third-order valence-corrected chi connectivity index (χ3v) is 9.52. The summed E-state index contributed by atoms with van der Waals surface area (Å²) >= 11 is 0. The number of unbranched alkanes of at least 4 members (excludes halogenated alkanes) is 15. The Morgan fingerprint density at radius 1 is 0.870 bits per heavy atom. The minimum atomic E-state index is -1.43. The second-order valence-corrected chi connectivity index (χ2v) is 13.2. The van der Waals surface area contributed by atoms with Crippen LogP contribution in [-0.2, 0) is 19.1 Å². The van der Waals surface area contributed by atoms with Crippen LogP contribution in [-0.4, -0.2) is 68.3 Å². The van der Waals surface area contributed by atoms with E-state index >= 15 is 0 Å². The summed E-state index contributed by atoms with van der Waals surface area (Å²) in [4.78, 5) is 42.6. The molecule has 1 amide bonds. The molecule has 46 heavy (non-hydrogen) atoms. The molecule has 1 saturated carbocycles. The first kappa shape index (κ1) is 38.1. The van der Waals surface area contributed by atoms with E-state index in [0.29, 0.717) is 19.4 Å². The van der Waals surface area contributed by atoms with Crippen LogP contribution in [0.2, 0.25) is 0 Å². The summed E-state index contributed by atoms with van der Waals surface area (Å²) in [6.45, 7) is 2.11. The molecule has 4 N–H and O–H groups in total. The van der Waals surface area contributed by atoms with Crippen LogP contribution in [0.3, 0.4) is 0 Å². The normalized spacial score (nSPS) is 24.6. The van der Waals surface area contributed by atoms with E-state index in [1.54, 1.807) is 0 Å². The molecule has 0 radical (unpaired) electrons. The SMILES string of the molecule is CCCCCCCCCCCCCCCCCCOC(=O)C1CCCCC1C(=O)Nc1ccn([C@@H]2O[C@H](CO)[C@@H](O)[C@@H]2O)c(=O)n1. The predicted octanol–water partition coefficient (Wildman–Crippen LogP) is 5.40. The van der Waals surface area contributed by atoms with Crippen molar-refractivity contribution in [2.24, 2.45) is 11.8 Å². The van der Waals surface area contributed by atoms with Crippen LogP contribution in [0.4, 0.5) is 5.82 Å². The highest BCUT2D eigenvalue weighted by molar-refractivity contribution is 5.94. The number of amides is 1.